The number of nitriles is 1. The Morgan fingerprint density at radius 1 is 1.52 bits per heavy atom. The van der Waals surface area contributed by atoms with E-state index in [0.717, 1.165) is 0 Å². The Bertz CT molecular complexity index is 561. The van der Waals surface area contributed by atoms with Crippen LogP contribution in [0, 0.1) is 11.3 Å². The van der Waals surface area contributed by atoms with Gasteiger partial charge in [-0.15, -0.1) is 0 Å². The Kier molecular flexibility index (Phi) is 6.78. The van der Waals surface area contributed by atoms with Crippen LogP contribution in [0.4, 0.5) is 0 Å². The van der Waals surface area contributed by atoms with Crippen molar-refractivity contribution in [1.29, 1.82) is 5.26 Å². The predicted molar refractivity (Wildman–Crippen MR) is 77.8 cm³/mol. The first-order chi connectivity index (χ1) is 10.1. The van der Waals surface area contributed by atoms with Crippen LogP contribution in [0.1, 0.15) is 12.5 Å². The van der Waals surface area contributed by atoms with Gasteiger partial charge in [0.25, 0.3) is 5.91 Å². The quantitative estimate of drug-likeness (QED) is 0.450. The van der Waals surface area contributed by atoms with Crippen LogP contribution in [-0.2, 0) is 9.53 Å². The first-order valence-corrected chi connectivity index (χ1v) is 6.47. The van der Waals surface area contributed by atoms with Crippen molar-refractivity contribution in [2.24, 2.45) is 0 Å². The molecule has 0 saturated heterocycles. The van der Waals surface area contributed by atoms with Crippen molar-refractivity contribution in [3.63, 3.8) is 0 Å². The van der Waals surface area contributed by atoms with Crippen molar-refractivity contribution < 1.29 is 19.4 Å². The van der Waals surface area contributed by atoms with E-state index in [2.05, 4.69) is 5.32 Å². The number of benzene rings is 1. The Morgan fingerprint density at radius 2 is 2.29 bits per heavy atom. The minimum atomic E-state index is -0.518. The van der Waals surface area contributed by atoms with Crippen molar-refractivity contribution in [1.82, 2.24) is 5.32 Å². The van der Waals surface area contributed by atoms with Crippen molar-refractivity contribution >= 4 is 12.0 Å². The number of hydrogen-bond donors (Lipinski definition) is 2. The van der Waals surface area contributed by atoms with Crippen molar-refractivity contribution in [3.8, 4) is 17.6 Å². The second-order valence-electron chi connectivity index (χ2n) is 4.05. The molecule has 0 radical (unpaired) electrons. The summed E-state index contributed by atoms with van der Waals surface area (Å²) < 4.78 is 10.1. The molecule has 0 aliphatic carbocycles. The molecule has 0 unspecified atom stereocenters. The molecule has 0 bridgehead atoms. The molecule has 0 saturated carbocycles. The summed E-state index contributed by atoms with van der Waals surface area (Å²) in [5, 5.41) is 21.6. The lowest BCUT2D eigenvalue weighted by atomic mass is 10.1. The summed E-state index contributed by atoms with van der Waals surface area (Å²) in [4.78, 5) is 11.8. The second-order valence-corrected chi connectivity index (χ2v) is 4.05. The van der Waals surface area contributed by atoms with E-state index >= 15 is 0 Å². The van der Waals surface area contributed by atoms with E-state index in [1.165, 1.54) is 13.2 Å². The number of ether oxygens (including phenoxy) is 2. The van der Waals surface area contributed by atoms with Crippen LogP contribution < -0.4 is 10.1 Å². The fourth-order valence-electron chi connectivity index (χ4n) is 1.59. The van der Waals surface area contributed by atoms with E-state index in [4.69, 9.17) is 14.7 Å². The van der Waals surface area contributed by atoms with E-state index in [1.807, 2.05) is 6.07 Å². The lowest BCUT2D eigenvalue weighted by Gasteiger charge is -2.08. The zero-order valence-corrected chi connectivity index (χ0v) is 12.0. The first-order valence-electron chi connectivity index (χ1n) is 6.47. The second kappa shape index (κ2) is 8.61. The number of nitrogens with zero attached hydrogens (tertiary/aromatic N) is 1. The molecule has 112 valence electrons. The summed E-state index contributed by atoms with van der Waals surface area (Å²) >= 11 is 0. The highest BCUT2D eigenvalue weighted by molar-refractivity contribution is 6.02. The standard InChI is InChI=1S/C15H18N2O4/c1-3-21-13-6-4-5-11(14(13)18)9-12(10-16)15(19)17-7-8-20-2/h4-6,9,18H,3,7-8H2,1-2H3,(H,17,19)/b12-9-. The number of carbonyl (C=O) groups excluding carboxylic acids is 1. The number of hydrogen-bond acceptors (Lipinski definition) is 5. The van der Waals surface area contributed by atoms with E-state index in [-0.39, 0.29) is 11.3 Å². The van der Waals surface area contributed by atoms with Crippen LogP contribution in [0.2, 0.25) is 0 Å². The highest BCUT2D eigenvalue weighted by Crippen LogP contribution is 2.31. The van der Waals surface area contributed by atoms with Crippen molar-refractivity contribution in [3.05, 3.63) is 29.3 Å². The van der Waals surface area contributed by atoms with Gasteiger partial charge in [-0.05, 0) is 19.1 Å². The van der Waals surface area contributed by atoms with E-state index < -0.39 is 5.91 Å². The summed E-state index contributed by atoms with van der Waals surface area (Å²) in [6.07, 6.45) is 1.32. The number of rotatable bonds is 7. The lowest BCUT2D eigenvalue weighted by Crippen LogP contribution is -2.27. The normalized spacial score (nSPS) is 10.8. The van der Waals surface area contributed by atoms with Crippen LogP contribution in [0.25, 0.3) is 6.08 Å². The molecular weight excluding hydrogens is 272 g/mol. The topological polar surface area (TPSA) is 91.6 Å². The predicted octanol–water partition coefficient (Wildman–Crippen LogP) is 1.46. The Labute approximate surface area is 123 Å². The Balaban J connectivity index is 2.95. The van der Waals surface area contributed by atoms with E-state index in [1.54, 1.807) is 25.1 Å². The van der Waals surface area contributed by atoms with Gasteiger partial charge in [0.2, 0.25) is 0 Å². The molecule has 2 N–H and O–H groups in total. The monoisotopic (exact) mass is 290 g/mol. The van der Waals surface area contributed by atoms with E-state index in [9.17, 15) is 9.90 Å². The summed E-state index contributed by atoms with van der Waals surface area (Å²) in [6.45, 7) is 2.87. The maximum Gasteiger partial charge on any atom is 0.262 e. The van der Waals surface area contributed by atoms with E-state index in [0.29, 0.717) is 31.1 Å². The molecule has 0 aliphatic rings. The van der Waals surface area contributed by atoms with Gasteiger partial charge < -0.3 is 19.9 Å². The number of para-hydroxylation sites is 1. The van der Waals surface area contributed by atoms with Crippen LogP contribution in [-0.4, -0.2) is 37.9 Å². The average Bonchev–Trinajstić information content (AvgIpc) is 2.48. The van der Waals surface area contributed by atoms with Gasteiger partial charge in [-0.25, -0.2) is 0 Å². The molecule has 1 amide bonds. The Hall–Kier alpha value is -2.52. The number of phenols is 1. The third-order valence-electron chi connectivity index (χ3n) is 2.59. The SMILES string of the molecule is CCOc1cccc(/C=C(/C#N)C(=O)NCCOC)c1O. The number of phenolic OH excluding ortho intramolecular Hbond substituents is 1. The smallest absolute Gasteiger partial charge is 0.262 e. The number of amides is 1. The molecule has 0 aliphatic heterocycles. The van der Waals surface area contributed by atoms with Gasteiger partial charge in [-0.1, -0.05) is 12.1 Å². The molecule has 1 aromatic rings. The first kappa shape index (κ1) is 16.5. The summed E-state index contributed by atoms with van der Waals surface area (Å²) in [7, 11) is 1.52. The molecule has 0 heterocycles. The molecule has 21 heavy (non-hydrogen) atoms. The van der Waals surface area contributed by atoms with Gasteiger partial charge in [0, 0.05) is 19.2 Å². The van der Waals surface area contributed by atoms with Crippen LogP contribution in [0.3, 0.4) is 0 Å². The van der Waals surface area contributed by atoms with Gasteiger partial charge in [-0.2, -0.15) is 5.26 Å². The molecule has 0 aromatic heterocycles. The fraction of sp³-hybridized carbons (Fsp3) is 0.333. The molecule has 0 atom stereocenters. The molecule has 6 nitrogen and oxygen atoms in total. The molecule has 6 heteroatoms. The van der Waals surface area contributed by atoms with Gasteiger partial charge >= 0.3 is 0 Å². The lowest BCUT2D eigenvalue weighted by molar-refractivity contribution is -0.117. The van der Waals surface area contributed by atoms with Crippen molar-refractivity contribution in [2.75, 3.05) is 26.9 Å². The van der Waals surface area contributed by atoms with Crippen LogP contribution in [0.15, 0.2) is 23.8 Å². The van der Waals surface area contributed by atoms with Gasteiger partial charge in [0.05, 0.1) is 13.2 Å². The summed E-state index contributed by atoms with van der Waals surface area (Å²) in [5.41, 5.74) is 0.245. The number of aromatic hydroxyl groups is 1. The largest absolute Gasteiger partial charge is 0.504 e. The zero-order valence-electron chi connectivity index (χ0n) is 12.0. The summed E-state index contributed by atoms with van der Waals surface area (Å²) in [5.74, 6) is -0.309. The van der Waals surface area contributed by atoms with Crippen LogP contribution >= 0.6 is 0 Å². The Morgan fingerprint density at radius 3 is 2.90 bits per heavy atom. The average molecular weight is 290 g/mol. The van der Waals surface area contributed by atoms with Crippen LogP contribution in [0.5, 0.6) is 11.5 Å². The number of methoxy groups -OCH3 is 1. The minimum Gasteiger partial charge on any atom is -0.504 e. The summed E-state index contributed by atoms with van der Waals surface area (Å²) in [6, 6.07) is 6.69. The number of carbonyl (C=O) groups is 1. The maximum atomic E-state index is 11.8. The van der Waals surface area contributed by atoms with Gasteiger partial charge in [0.15, 0.2) is 11.5 Å². The number of nitrogens with one attached hydrogen (secondary N) is 1. The third-order valence-corrected chi connectivity index (χ3v) is 2.59. The van der Waals surface area contributed by atoms with Crippen molar-refractivity contribution in [2.45, 2.75) is 6.92 Å². The molecule has 1 rings (SSSR count). The van der Waals surface area contributed by atoms with Gasteiger partial charge in [-0.3, -0.25) is 4.79 Å². The minimum absolute atomic E-state index is 0.100. The molecule has 0 spiro atoms. The third kappa shape index (κ3) is 4.82. The molecular formula is C15H18N2O4. The highest BCUT2D eigenvalue weighted by Gasteiger charge is 2.11. The van der Waals surface area contributed by atoms with Gasteiger partial charge in [0.1, 0.15) is 11.6 Å². The molecule has 0 fully saturated rings. The fourth-order valence-corrected chi connectivity index (χ4v) is 1.59. The zero-order chi connectivity index (χ0) is 15.7. The molecule has 1 aromatic carbocycles. The maximum absolute atomic E-state index is 11.8. The highest BCUT2D eigenvalue weighted by atomic mass is 16.5.